The Kier molecular flexibility index (Phi) is 5.28. The minimum atomic E-state index is 0.146. The fraction of sp³-hybridized carbons (Fsp3) is 0.800. The Hall–Kier alpha value is -0.540. The van der Waals surface area contributed by atoms with E-state index in [-0.39, 0.29) is 5.41 Å². The Morgan fingerprint density at radius 3 is 2.79 bits per heavy atom. The van der Waals surface area contributed by atoms with E-state index in [2.05, 4.69) is 36.1 Å². The number of rotatable bonds is 6. The summed E-state index contributed by atoms with van der Waals surface area (Å²) in [5.74, 6) is 0.677. The molecule has 4 heteroatoms. The van der Waals surface area contributed by atoms with Gasteiger partial charge in [-0.25, -0.2) is 0 Å². The Balaban J connectivity index is 1.80. The predicted octanol–water partition coefficient (Wildman–Crippen LogP) is 3.74. The first-order chi connectivity index (χ1) is 9.11. The molecule has 0 atom stereocenters. The summed E-state index contributed by atoms with van der Waals surface area (Å²) in [6.45, 7) is 6.11. The van der Waals surface area contributed by atoms with Crippen molar-refractivity contribution in [3.05, 3.63) is 18.0 Å². The van der Waals surface area contributed by atoms with Gasteiger partial charge in [-0.2, -0.15) is 5.10 Å². The van der Waals surface area contributed by atoms with Crippen LogP contribution in [-0.4, -0.2) is 22.2 Å². The van der Waals surface area contributed by atoms with Crippen molar-refractivity contribution in [1.82, 2.24) is 15.1 Å². The topological polar surface area (TPSA) is 29.9 Å². The lowest BCUT2D eigenvalue weighted by Crippen LogP contribution is -2.30. The fourth-order valence-electron chi connectivity index (χ4n) is 2.60. The maximum absolute atomic E-state index is 5.92. The summed E-state index contributed by atoms with van der Waals surface area (Å²) in [7, 11) is 0. The van der Waals surface area contributed by atoms with E-state index >= 15 is 0 Å². The van der Waals surface area contributed by atoms with Gasteiger partial charge in [0.1, 0.15) is 0 Å². The molecule has 108 valence electrons. The van der Waals surface area contributed by atoms with Gasteiger partial charge in [0.25, 0.3) is 0 Å². The van der Waals surface area contributed by atoms with Crippen molar-refractivity contribution in [2.24, 2.45) is 5.41 Å². The Labute approximate surface area is 121 Å². The van der Waals surface area contributed by atoms with Gasteiger partial charge in [-0.15, -0.1) is 11.6 Å². The zero-order chi connectivity index (χ0) is 13.7. The molecule has 1 saturated carbocycles. The molecular weight excluding hydrogens is 258 g/mol. The van der Waals surface area contributed by atoms with Gasteiger partial charge >= 0.3 is 0 Å². The molecule has 1 aromatic rings. The predicted molar refractivity (Wildman–Crippen MR) is 80.6 cm³/mol. The van der Waals surface area contributed by atoms with E-state index in [4.69, 9.17) is 16.7 Å². The average Bonchev–Trinajstić information content (AvgIpc) is 2.88. The molecule has 0 unspecified atom stereocenters. The van der Waals surface area contributed by atoms with Gasteiger partial charge in [-0.05, 0) is 24.3 Å². The number of alkyl halides is 1. The number of nitrogens with zero attached hydrogens (tertiary/aromatic N) is 2. The minimum Gasteiger partial charge on any atom is -0.311 e. The van der Waals surface area contributed by atoms with Crippen LogP contribution in [-0.2, 0) is 6.54 Å². The van der Waals surface area contributed by atoms with E-state index in [1.807, 2.05) is 0 Å². The molecule has 1 aliphatic carbocycles. The smallest absolute Gasteiger partial charge is 0.0762 e. The molecule has 0 bridgehead atoms. The number of hydrogen-bond acceptors (Lipinski definition) is 2. The van der Waals surface area contributed by atoms with Crippen LogP contribution in [0.1, 0.15) is 57.7 Å². The van der Waals surface area contributed by atoms with Crippen LogP contribution in [0.5, 0.6) is 0 Å². The van der Waals surface area contributed by atoms with Gasteiger partial charge in [-0.1, -0.05) is 33.1 Å². The van der Waals surface area contributed by atoms with Crippen LogP contribution in [0.15, 0.2) is 12.3 Å². The third kappa shape index (κ3) is 4.50. The zero-order valence-corrected chi connectivity index (χ0v) is 12.9. The molecule has 0 spiro atoms. The van der Waals surface area contributed by atoms with Crippen molar-refractivity contribution < 1.29 is 0 Å². The summed E-state index contributed by atoms with van der Waals surface area (Å²) in [5, 5.41) is 8.15. The number of nitrogens with one attached hydrogen (secondary N) is 1. The van der Waals surface area contributed by atoms with E-state index in [1.54, 1.807) is 0 Å². The first-order valence-electron chi connectivity index (χ1n) is 7.41. The van der Waals surface area contributed by atoms with E-state index < -0.39 is 0 Å². The summed E-state index contributed by atoms with van der Waals surface area (Å²) in [5.41, 5.74) is 1.28. The third-order valence-corrected chi connectivity index (χ3v) is 4.61. The monoisotopic (exact) mass is 283 g/mol. The first kappa shape index (κ1) is 14.9. The number of hydrogen-bond donors (Lipinski definition) is 1. The Bertz CT molecular complexity index is 380. The summed E-state index contributed by atoms with van der Waals surface area (Å²) in [4.78, 5) is 0. The molecule has 1 fully saturated rings. The lowest BCUT2D eigenvalue weighted by Gasteiger charge is -2.22. The van der Waals surface area contributed by atoms with Gasteiger partial charge in [0.05, 0.1) is 11.7 Å². The summed E-state index contributed by atoms with van der Waals surface area (Å²) < 4.78 is 2.17. The molecule has 3 nitrogen and oxygen atoms in total. The maximum Gasteiger partial charge on any atom is 0.0762 e. The molecular formula is C15H26ClN3. The highest BCUT2D eigenvalue weighted by Gasteiger charge is 2.17. The molecule has 1 N–H and O–H groups in total. The highest BCUT2D eigenvalue weighted by atomic mass is 35.5. The normalized spacial score (nSPS) is 17.8. The molecule has 0 aromatic carbocycles. The zero-order valence-electron chi connectivity index (χ0n) is 12.2. The third-order valence-electron chi connectivity index (χ3n) is 3.88. The molecule has 1 aromatic heterocycles. The van der Waals surface area contributed by atoms with Crippen molar-refractivity contribution in [3.63, 3.8) is 0 Å². The fourth-order valence-corrected chi connectivity index (χ4v) is 2.69. The SMILES string of the molecule is CC(C)(CCl)CNCc1ccn(C2CCCCC2)n1. The van der Waals surface area contributed by atoms with Crippen LogP contribution < -0.4 is 5.32 Å². The summed E-state index contributed by atoms with van der Waals surface area (Å²) >= 11 is 5.92. The van der Waals surface area contributed by atoms with Crippen LogP contribution in [0.25, 0.3) is 0 Å². The maximum atomic E-state index is 5.92. The average molecular weight is 284 g/mol. The van der Waals surface area contributed by atoms with Crippen LogP contribution in [0, 0.1) is 5.41 Å². The molecule has 1 aliphatic rings. The molecule has 0 amide bonds. The van der Waals surface area contributed by atoms with Crippen molar-refractivity contribution in [3.8, 4) is 0 Å². The first-order valence-corrected chi connectivity index (χ1v) is 7.95. The quantitative estimate of drug-likeness (QED) is 0.806. The largest absolute Gasteiger partial charge is 0.311 e. The van der Waals surface area contributed by atoms with Gasteiger partial charge in [0.2, 0.25) is 0 Å². The second-order valence-electron chi connectivity index (χ2n) is 6.48. The number of halogens is 1. The number of aromatic nitrogens is 2. The van der Waals surface area contributed by atoms with E-state index in [9.17, 15) is 0 Å². The Morgan fingerprint density at radius 2 is 2.11 bits per heavy atom. The van der Waals surface area contributed by atoms with Crippen LogP contribution in [0.2, 0.25) is 0 Å². The lowest BCUT2D eigenvalue weighted by molar-refractivity contribution is 0.327. The van der Waals surface area contributed by atoms with Gasteiger partial charge < -0.3 is 5.32 Å². The van der Waals surface area contributed by atoms with E-state index in [0.717, 1.165) is 18.8 Å². The highest BCUT2D eigenvalue weighted by Crippen LogP contribution is 2.27. The summed E-state index contributed by atoms with van der Waals surface area (Å²) in [6, 6.07) is 2.76. The molecule has 0 saturated heterocycles. The van der Waals surface area contributed by atoms with Gasteiger partial charge in [-0.3, -0.25) is 4.68 Å². The van der Waals surface area contributed by atoms with Crippen molar-refractivity contribution in [2.75, 3.05) is 12.4 Å². The van der Waals surface area contributed by atoms with Crippen molar-refractivity contribution in [2.45, 2.75) is 58.5 Å². The van der Waals surface area contributed by atoms with Gasteiger partial charge in [0.15, 0.2) is 0 Å². The second kappa shape index (κ2) is 6.76. The van der Waals surface area contributed by atoms with Crippen LogP contribution in [0.4, 0.5) is 0 Å². The van der Waals surface area contributed by atoms with Crippen LogP contribution in [0.3, 0.4) is 0 Å². The molecule has 2 rings (SSSR count). The van der Waals surface area contributed by atoms with Crippen molar-refractivity contribution >= 4 is 11.6 Å². The van der Waals surface area contributed by atoms with Crippen molar-refractivity contribution in [1.29, 1.82) is 0 Å². The summed E-state index contributed by atoms with van der Waals surface area (Å²) in [6.07, 6.45) is 8.80. The molecule has 0 aliphatic heterocycles. The second-order valence-corrected chi connectivity index (χ2v) is 6.75. The molecule has 0 radical (unpaired) electrons. The Morgan fingerprint density at radius 1 is 1.37 bits per heavy atom. The molecule has 19 heavy (non-hydrogen) atoms. The van der Waals surface area contributed by atoms with E-state index in [1.165, 1.54) is 32.1 Å². The van der Waals surface area contributed by atoms with Gasteiger partial charge in [0, 0.05) is 25.2 Å². The van der Waals surface area contributed by atoms with E-state index in [0.29, 0.717) is 11.9 Å². The highest BCUT2D eigenvalue weighted by molar-refractivity contribution is 6.18. The molecule has 1 heterocycles. The van der Waals surface area contributed by atoms with Crippen LogP contribution >= 0.6 is 11.6 Å². The lowest BCUT2D eigenvalue weighted by atomic mass is 9.96. The standard InChI is InChI=1S/C15H26ClN3/c1-15(2,11-16)12-17-10-13-8-9-19(18-13)14-6-4-3-5-7-14/h8-9,14,17H,3-7,10-12H2,1-2H3. The minimum absolute atomic E-state index is 0.146.